The number of rotatable bonds is 7. The molecule has 1 aromatic carbocycles. The van der Waals surface area contributed by atoms with Gasteiger partial charge in [-0.25, -0.2) is 4.39 Å². The molecule has 2 N–H and O–H groups in total. The van der Waals surface area contributed by atoms with Gasteiger partial charge in [0, 0.05) is 32.7 Å². The molecule has 154 valence electrons. The topological polar surface area (TPSA) is 48.9 Å². The summed E-state index contributed by atoms with van der Waals surface area (Å²) in [6.07, 6.45) is 2.28. The van der Waals surface area contributed by atoms with Crippen LogP contribution in [0.3, 0.4) is 0 Å². The predicted octanol–water partition coefficient (Wildman–Crippen LogP) is 3.77. The Bertz CT molecular complexity index is 591. The second-order valence-electron chi connectivity index (χ2n) is 7.33. The first-order valence-electron chi connectivity index (χ1n) is 9.58. The standard InChI is InChI=1S/C20H33FN4O.HI/c1-15(2)5-6-16(3)24-20(22-4)23-14-17-7-8-19(18(21)13-17)25-9-11-26-12-10-25;/h7-8,13,15-16H,5-6,9-12,14H2,1-4H3,(H2,22,23,24);1H. The molecule has 0 radical (unpaired) electrons. The lowest BCUT2D eigenvalue weighted by atomic mass is 10.0. The first-order valence-corrected chi connectivity index (χ1v) is 9.58. The number of hydrogen-bond acceptors (Lipinski definition) is 3. The lowest BCUT2D eigenvalue weighted by Gasteiger charge is -2.29. The number of morpholine rings is 1. The Kier molecular flexibility index (Phi) is 11.0. The van der Waals surface area contributed by atoms with Crippen molar-refractivity contribution in [2.45, 2.75) is 46.2 Å². The van der Waals surface area contributed by atoms with E-state index in [-0.39, 0.29) is 29.8 Å². The molecule has 27 heavy (non-hydrogen) atoms. The van der Waals surface area contributed by atoms with Crippen molar-refractivity contribution in [3.05, 3.63) is 29.6 Å². The lowest BCUT2D eigenvalue weighted by Crippen LogP contribution is -2.42. The minimum absolute atomic E-state index is 0. The summed E-state index contributed by atoms with van der Waals surface area (Å²) < 4.78 is 19.8. The highest BCUT2D eigenvalue weighted by Crippen LogP contribution is 2.21. The molecule has 0 aromatic heterocycles. The van der Waals surface area contributed by atoms with Crippen molar-refractivity contribution in [3.63, 3.8) is 0 Å². The van der Waals surface area contributed by atoms with Crippen LogP contribution in [0.5, 0.6) is 0 Å². The highest BCUT2D eigenvalue weighted by molar-refractivity contribution is 14.0. The van der Waals surface area contributed by atoms with Crippen LogP contribution < -0.4 is 15.5 Å². The van der Waals surface area contributed by atoms with Gasteiger partial charge in [0.2, 0.25) is 0 Å². The second-order valence-corrected chi connectivity index (χ2v) is 7.33. The van der Waals surface area contributed by atoms with E-state index in [0.29, 0.717) is 37.4 Å². The Hall–Kier alpha value is -1.09. The van der Waals surface area contributed by atoms with Gasteiger partial charge in [-0.05, 0) is 43.4 Å². The molecule has 0 spiro atoms. The molecule has 1 aliphatic heterocycles. The van der Waals surface area contributed by atoms with E-state index in [1.54, 1.807) is 13.1 Å². The number of hydrogen-bond donors (Lipinski definition) is 2. The zero-order chi connectivity index (χ0) is 18.9. The van der Waals surface area contributed by atoms with E-state index < -0.39 is 0 Å². The number of halogens is 2. The van der Waals surface area contributed by atoms with Crippen LogP contribution in [0.1, 0.15) is 39.2 Å². The summed E-state index contributed by atoms with van der Waals surface area (Å²) in [6, 6.07) is 5.78. The molecule has 1 unspecified atom stereocenters. The molecule has 1 aliphatic rings. The maximum absolute atomic E-state index is 14.5. The van der Waals surface area contributed by atoms with E-state index in [0.717, 1.165) is 31.0 Å². The van der Waals surface area contributed by atoms with Crippen molar-refractivity contribution >= 4 is 35.6 Å². The van der Waals surface area contributed by atoms with Crippen molar-refractivity contribution < 1.29 is 9.13 Å². The first-order chi connectivity index (χ1) is 12.5. The van der Waals surface area contributed by atoms with Crippen molar-refractivity contribution in [1.29, 1.82) is 0 Å². The van der Waals surface area contributed by atoms with E-state index in [1.807, 2.05) is 17.0 Å². The molecule has 0 saturated carbocycles. The van der Waals surface area contributed by atoms with Gasteiger partial charge in [-0.3, -0.25) is 4.99 Å². The third-order valence-electron chi connectivity index (χ3n) is 4.61. The fourth-order valence-electron chi connectivity index (χ4n) is 2.99. The van der Waals surface area contributed by atoms with Gasteiger partial charge >= 0.3 is 0 Å². The smallest absolute Gasteiger partial charge is 0.191 e. The van der Waals surface area contributed by atoms with E-state index in [2.05, 4.69) is 36.4 Å². The lowest BCUT2D eigenvalue weighted by molar-refractivity contribution is 0.122. The molecule has 1 aromatic rings. The van der Waals surface area contributed by atoms with Crippen LogP contribution in [-0.4, -0.2) is 45.4 Å². The summed E-state index contributed by atoms with van der Waals surface area (Å²) in [5.41, 5.74) is 1.55. The van der Waals surface area contributed by atoms with Crippen molar-refractivity contribution in [1.82, 2.24) is 10.6 Å². The number of nitrogens with one attached hydrogen (secondary N) is 2. The zero-order valence-electron chi connectivity index (χ0n) is 16.9. The maximum atomic E-state index is 14.5. The summed E-state index contributed by atoms with van der Waals surface area (Å²) in [6.45, 7) is 9.94. The molecule has 5 nitrogen and oxygen atoms in total. The fourth-order valence-corrected chi connectivity index (χ4v) is 2.99. The number of ether oxygens (including phenoxy) is 1. The number of guanidine groups is 1. The summed E-state index contributed by atoms with van der Waals surface area (Å²) in [5, 5.41) is 6.66. The van der Waals surface area contributed by atoms with Gasteiger partial charge in [-0.2, -0.15) is 0 Å². The second kappa shape index (κ2) is 12.4. The van der Waals surface area contributed by atoms with Crippen molar-refractivity contribution in [3.8, 4) is 0 Å². The van der Waals surface area contributed by atoms with Gasteiger partial charge in [-0.15, -0.1) is 24.0 Å². The van der Waals surface area contributed by atoms with Crippen molar-refractivity contribution in [2.24, 2.45) is 10.9 Å². The minimum atomic E-state index is -0.181. The largest absolute Gasteiger partial charge is 0.378 e. The Balaban J connectivity index is 0.00000364. The Morgan fingerprint density at radius 3 is 2.52 bits per heavy atom. The number of benzene rings is 1. The Morgan fingerprint density at radius 2 is 1.93 bits per heavy atom. The fraction of sp³-hybridized carbons (Fsp3) is 0.650. The first kappa shape index (κ1) is 23.9. The minimum Gasteiger partial charge on any atom is -0.378 e. The van der Waals surface area contributed by atoms with Crippen molar-refractivity contribution in [2.75, 3.05) is 38.3 Å². The Labute approximate surface area is 180 Å². The number of anilines is 1. The average molecular weight is 492 g/mol. The molecule has 1 heterocycles. The van der Waals surface area contributed by atoms with Gasteiger partial charge in [0.1, 0.15) is 5.82 Å². The normalized spacial score (nSPS) is 16.1. The average Bonchev–Trinajstić information content (AvgIpc) is 2.64. The summed E-state index contributed by atoms with van der Waals surface area (Å²) in [4.78, 5) is 6.30. The highest BCUT2D eigenvalue weighted by atomic mass is 127. The van der Waals surface area contributed by atoms with Crippen LogP contribution in [0.2, 0.25) is 0 Å². The SMILES string of the molecule is CN=C(NCc1ccc(N2CCOCC2)c(F)c1)NC(C)CCC(C)C.I. The number of aliphatic imine (C=N–C) groups is 1. The van der Waals surface area contributed by atoms with Crippen LogP contribution >= 0.6 is 24.0 Å². The predicted molar refractivity (Wildman–Crippen MR) is 122 cm³/mol. The van der Waals surface area contributed by atoms with Gasteiger partial charge in [0.15, 0.2) is 5.96 Å². The quantitative estimate of drug-likeness (QED) is 0.346. The molecule has 7 heteroatoms. The molecule has 2 rings (SSSR count). The van der Waals surface area contributed by atoms with E-state index in [4.69, 9.17) is 4.74 Å². The third kappa shape index (κ3) is 8.21. The monoisotopic (exact) mass is 492 g/mol. The van der Waals surface area contributed by atoms with Crippen LogP contribution in [0.25, 0.3) is 0 Å². The van der Waals surface area contributed by atoms with E-state index in [9.17, 15) is 4.39 Å². The van der Waals surface area contributed by atoms with Crippen LogP contribution in [0, 0.1) is 11.7 Å². The third-order valence-corrected chi connectivity index (χ3v) is 4.61. The molecule has 0 bridgehead atoms. The summed E-state index contributed by atoms with van der Waals surface area (Å²) in [7, 11) is 1.76. The number of nitrogens with zero attached hydrogens (tertiary/aromatic N) is 2. The maximum Gasteiger partial charge on any atom is 0.191 e. The van der Waals surface area contributed by atoms with Crippen LogP contribution in [0.4, 0.5) is 10.1 Å². The van der Waals surface area contributed by atoms with Gasteiger partial charge in [0.05, 0.1) is 18.9 Å². The molecular formula is C20H34FIN4O. The molecule has 1 fully saturated rings. The van der Waals surface area contributed by atoms with Gasteiger partial charge in [-0.1, -0.05) is 19.9 Å². The Morgan fingerprint density at radius 1 is 1.22 bits per heavy atom. The molecule has 1 saturated heterocycles. The molecule has 0 amide bonds. The summed E-state index contributed by atoms with van der Waals surface area (Å²) in [5.74, 6) is 1.26. The van der Waals surface area contributed by atoms with Gasteiger partial charge in [0.25, 0.3) is 0 Å². The molecular weight excluding hydrogens is 458 g/mol. The van der Waals surface area contributed by atoms with Crippen LogP contribution in [-0.2, 0) is 11.3 Å². The van der Waals surface area contributed by atoms with E-state index >= 15 is 0 Å². The van der Waals surface area contributed by atoms with Crippen LogP contribution in [0.15, 0.2) is 23.2 Å². The molecule has 1 atom stereocenters. The zero-order valence-corrected chi connectivity index (χ0v) is 19.3. The summed E-state index contributed by atoms with van der Waals surface area (Å²) >= 11 is 0. The highest BCUT2D eigenvalue weighted by Gasteiger charge is 2.15. The van der Waals surface area contributed by atoms with Gasteiger partial charge < -0.3 is 20.3 Å². The van der Waals surface area contributed by atoms with E-state index in [1.165, 1.54) is 6.42 Å². The molecule has 0 aliphatic carbocycles.